The van der Waals surface area contributed by atoms with Gasteiger partial charge in [-0.3, -0.25) is 33.7 Å². The third-order valence-corrected chi connectivity index (χ3v) is 15.1. The third-order valence-electron chi connectivity index (χ3n) is 15.1. The summed E-state index contributed by atoms with van der Waals surface area (Å²) in [6.45, 7) is 20.3. The second-order valence-corrected chi connectivity index (χ2v) is 22.0. The van der Waals surface area contributed by atoms with Gasteiger partial charge in [-0.15, -0.1) is 0 Å². The summed E-state index contributed by atoms with van der Waals surface area (Å²) in [7, 11) is 7.76. The monoisotopic (exact) mass is 1120 g/mol. The Morgan fingerprint density at radius 3 is 1.95 bits per heavy atom. The number of carbonyl (C=O) groups is 8. The molecule has 80 heavy (non-hydrogen) atoms. The Morgan fingerprint density at radius 2 is 1.40 bits per heavy atom. The van der Waals surface area contributed by atoms with Crippen molar-refractivity contribution in [1.29, 1.82) is 0 Å². The van der Waals surface area contributed by atoms with Crippen LogP contribution in [0, 0.1) is 23.7 Å². The minimum Gasteiger partial charge on any atom is -0.467 e. The summed E-state index contributed by atoms with van der Waals surface area (Å²) in [6, 6.07) is 10.4. The number of nitrogens with two attached hydrogens (primary N) is 2. The molecule has 0 saturated carbocycles. The van der Waals surface area contributed by atoms with Crippen LogP contribution >= 0.6 is 0 Å². The molecular weight excluding hydrogens is 1020 g/mol. The molecule has 21 nitrogen and oxygen atoms in total. The molecule has 10 atom stereocenters. The number of ether oxygens (including phenoxy) is 3. The number of anilines is 1. The molecular formula is C59H94N10O11. The molecule has 1 saturated heterocycles. The fourth-order valence-corrected chi connectivity index (χ4v) is 10.3. The van der Waals surface area contributed by atoms with Gasteiger partial charge < -0.3 is 62.1 Å². The number of primary amides is 1. The SMILES string of the molecule is C=C(CC)[C@@H]([C@@H](CC(=O)N1CCC[C@H]1[C@H](OC)[C@@H](C)C(=O)N[C@@H](Cc1ccccc1)C(=O)OC)OC)N(C)C(=O)[C@@H](NC(=O)[C@H](C(C)C)N(C)CCc1ccc(NC(=O)[C@H](CCCNC(N)=O)NC(=O)[C@@H](N)C(C)C)cc1)C(C)C. The molecule has 21 heteroatoms. The molecule has 3 rings (SSSR count). The Kier molecular flexibility index (Phi) is 28.3. The fourth-order valence-electron chi connectivity index (χ4n) is 10.3. The van der Waals surface area contributed by atoms with Gasteiger partial charge >= 0.3 is 12.0 Å². The molecule has 0 aliphatic carbocycles. The Morgan fingerprint density at radius 1 is 0.762 bits per heavy atom. The van der Waals surface area contributed by atoms with E-state index in [-0.39, 0.29) is 61.3 Å². The molecule has 1 aliphatic rings. The topological polar surface area (TPSA) is 286 Å². The van der Waals surface area contributed by atoms with Crippen molar-refractivity contribution in [3.05, 3.63) is 77.9 Å². The van der Waals surface area contributed by atoms with Crippen LogP contribution in [0.15, 0.2) is 66.7 Å². The Labute approximate surface area is 474 Å². The molecule has 0 aromatic heterocycles. The van der Waals surface area contributed by atoms with Crippen molar-refractivity contribution in [1.82, 2.24) is 36.0 Å². The number of esters is 1. The second-order valence-electron chi connectivity index (χ2n) is 22.0. The molecule has 0 unspecified atom stereocenters. The van der Waals surface area contributed by atoms with Gasteiger partial charge in [0.05, 0.1) is 55.8 Å². The predicted octanol–water partition coefficient (Wildman–Crippen LogP) is 3.92. The van der Waals surface area contributed by atoms with Crippen molar-refractivity contribution < 1.29 is 52.6 Å². The molecule has 0 radical (unpaired) electrons. The first-order valence-corrected chi connectivity index (χ1v) is 28.0. The highest BCUT2D eigenvalue weighted by Crippen LogP contribution is 2.30. The van der Waals surface area contributed by atoms with Crippen LogP contribution in [0.2, 0.25) is 0 Å². The number of benzene rings is 2. The van der Waals surface area contributed by atoms with E-state index in [0.29, 0.717) is 56.5 Å². The van der Waals surface area contributed by atoms with Crippen LogP contribution in [0.5, 0.6) is 0 Å². The van der Waals surface area contributed by atoms with Gasteiger partial charge in [-0.1, -0.05) is 110 Å². The normalized spacial score (nSPS) is 16.8. The van der Waals surface area contributed by atoms with Crippen LogP contribution in [0.1, 0.15) is 105 Å². The van der Waals surface area contributed by atoms with Gasteiger partial charge in [0, 0.05) is 53.0 Å². The van der Waals surface area contributed by atoms with Gasteiger partial charge in [-0.05, 0) is 86.6 Å². The number of methoxy groups -OCH3 is 3. The molecule has 1 fully saturated rings. The maximum Gasteiger partial charge on any atom is 0.328 e. The van der Waals surface area contributed by atoms with Crippen molar-refractivity contribution in [2.75, 3.05) is 60.4 Å². The molecule has 8 amide bonds. The van der Waals surface area contributed by atoms with Gasteiger partial charge in [0.25, 0.3) is 0 Å². The number of carbonyl (C=O) groups excluding carboxylic acids is 8. The number of nitrogens with zero attached hydrogens (tertiary/aromatic N) is 3. The van der Waals surface area contributed by atoms with Crippen molar-refractivity contribution in [3.63, 3.8) is 0 Å². The quantitative estimate of drug-likeness (QED) is 0.0304. The minimum atomic E-state index is -0.943. The van der Waals surface area contributed by atoms with Gasteiger partial charge in [0.2, 0.25) is 35.4 Å². The minimum absolute atomic E-state index is 0.115. The molecule has 446 valence electrons. The smallest absolute Gasteiger partial charge is 0.328 e. The van der Waals surface area contributed by atoms with Crippen LogP contribution in [0.3, 0.4) is 0 Å². The summed E-state index contributed by atoms with van der Waals surface area (Å²) >= 11 is 0. The Balaban J connectivity index is 1.72. The van der Waals surface area contributed by atoms with Crippen molar-refractivity contribution in [2.24, 2.45) is 35.1 Å². The highest BCUT2D eigenvalue weighted by molar-refractivity contribution is 5.98. The lowest BCUT2D eigenvalue weighted by molar-refractivity contribution is -0.147. The fraction of sp³-hybridized carbons (Fsp3) is 0.627. The first-order chi connectivity index (χ1) is 37.8. The predicted molar refractivity (Wildman–Crippen MR) is 309 cm³/mol. The maximum absolute atomic E-state index is 14.7. The molecule has 1 aliphatic heterocycles. The van der Waals surface area contributed by atoms with Crippen LogP contribution in [-0.2, 0) is 60.6 Å². The van der Waals surface area contributed by atoms with E-state index in [9.17, 15) is 38.4 Å². The largest absolute Gasteiger partial charge is 0.467 e. The number of urea groups is 1. The van der Waals surface area contributed by atoms with E-state index in [0.717, 1.165) is 11.1 Å². The first kappa shape index (κ1) is 67.9. The van der Waals surface area contributed by atoms with E-state index >= 15 is 0 Å². The van der Waals surface area contributed by atoms with E-state index in [1.54, 1.807) is 31.0 Å². The summed E-state index contributed by atoms with van der Waals surface area (Å²) in [5.41, 5.74) is 14.2. The van der Waals surface area contributed by atoms with Crippen LogP contribution in [-0.4, -0.2) is 172 Å². The molecule has 0 bridgehead atoms. The number of amides is 8. The Bertz CT molecular complexity index is 2350. The number of nitrogens with one attached hydrogen (secondary N) is 5. The van der Waals surface area contributed by atoms with Gasteiger partial charge in [-0.2, -0.15) is 0 Å². The number of hydrogen-bond donors (Lipinski definition) is 7. The van der Waals surface area contributed by atoms with E-state index in [1.165, 1.54) is 26.2 Å². The zero-order chi connectivity index (χ0) is 60.0. The zero-order valence-corrected chi connectivity index (χ0v) is 49.7. The van der Waals surface area contributed by atoms with Crippen LogP contribution in [0.4, 0.5) is 10.5 Å². The van der Waals surface area contributed by atoms with Crippen molar-refractivity contribution in [2.45, 2.75) is 161 Å². The molecule has 9 N–H and O–H groups in total. The summed E-state index contributed by atoms with van der Waals surface area (Å²) in [4.78, 5) is 113. The summed E-state index contributed by atoms with van der Waals surface area (Å²) in [6.07, 6.45) is 1.46. The average molecular weight is 1120 g/mol. The summed E-state index contributed by atoms with van der Waals surface area (Å²) < 4.78 is 17.0. The molecule has 2 aromatic carbocycles. The van der Waals surface area contributed by atoms with E-state index < -0.39 is 90.1 Å². The average Bonchev–Trinajstić information content (AvgIpc) is 3.97. The van der Waals surface area contributed by atoms with E-state index in [1.807, 2.05) is 103 Å². The summed E-state index contributed by atoms with van der Waals surface area (Å²) in [5, 5.41) is 14.0. The van der Waals surface area contributed by atoms with Crippen LogP contribution < -0.4 is 38.1 Å². The lowest BCUT2D eigenvalue weighted by Gasteiger charge is -2.39. The number of hydrogen-bond acceptors (Lipinski definition) is 13. The van der Waals surface area contributed by atoms with Gasteiger partial charge in [-0.25, -0.2) is 9.59 Å². The third kappa shape index (κ3) is 20.0. The second kappa shape index (κ2) is 33.4. The van der Waals surface area contributed by atoms with Gasteiger partial charge in [0.15, 0.2) is 0 Å². The van der Waals surface area contributed by atoms with Crippen molar-refractivity contribution in [3.8, 4) is 0 Å². The van der Waals surface area contributed by atoms with Gasteiger partial charge in [0.1, 0.15) is 18.1 Å². The number of rotatable bonds is 33. The zero-order valence-electron chi connectivity index (χ0n) is 49.7. The molecule has 1 heterocycles. The standard InChI is InChI=1S/C59H94N10O11/c1-15-38(8)51(46(78-12)34-47(70)69-31-20-24-45(69)52(79-13)39(9)53(71)65-44(58(76)80-14)33-41-21-17-16-18-22-41)68(11)57(75)49(36(4)5)66-56(74)50(37(6)7)67(10)32-29-40-25-27-42(28-26-40)63-54(72)43(23-19-30-62-59(61)77)64-55(73)48(60)35(2)3/h16-18,21-22,25-28,35-37,39,43-46,48-52H,8,15,19-20,23-24,29-34,60H2,1-7,9-14H3,(H,63,72)(H,64,73)(H,65,71)(H,66,74)(H3,61,62,77)/t39-,43+,44+,45+,46-,48+,49+,50+,51+,52-/m1/s1. The number of likely N-dealkylation sites (tertiary alicyclic amines) is 1. The lowest BCUT2D eigenvalue weighted by atomic mass is 9.92. The van der Waals surface area contributed by atoms with Crippen molar-refractivity contribution >= 4 is 53.1 Å². The van der Waals surface area contributed by atoms with Crippen LogP contribution in [0.25, 0.3) is 0 Å². The summed E-state index contributed by atoms with van der Waals surface area (Å²) in [5.74, 6) is -4.23. The lowest BCUT2D eigenvalue weighted by Crippen LogP contribution is -2.59. The van der Waals surface area contributed by atoms with E-state index in [4.69, 9.17) is 25.7 Å². The van der Waals surface area contributed by atoms with E-state index in [2.05, 4.69) is 33.2 Å². The highest BCUT2D eigenvalue weighted by Gasteiger charge is 2.43. The molecule has 2 aromatic rings. The maximum atomic E-state index is 14.7. The number of likely N-dealkylation sites (N-methyl/N-ethyl adjacent to an activating group) is 2. The first-order valence-electron chi connectivity index (χ1n) is 28.0. The molecule has 0 spiro atoms. The highest BCUT2D eigenvalue weighted by atomic mass is 16.5. The Hall–Kier alpha value is -6.42.